The van der Waals surface area contributed by atoms with E-state index in [1.807, 2.05) is 18.0 Å². The fourth-order valence-corrected chi connectivity index (χ4v) is 0.847. The van der Waals surface area contributed by atoms with E-state index in [1.54, 1.807) is 12.1 Å². The van der Waals surface area contributed by atoms with E-state index in [1.165, 1.54) is 16.9 Å². The van der Waals surface area contributed by atoms with E-state index in [2.05, 4.69) is 0 Å². The van der Waals surface area contributed by atoms with Crippen molar-refractivity contribution in [2.24, 2.45) is 0 Å². The number of nitriles is 3. The highest BCUT2D eigenvalue weighted by molar-refractivity contribution is 6.66. The van der Waals surface area contributed by atoms with E-state index < -0.39 is 6.85 Å². The number of pyridine rings is 1. The summed E-state index contributed by atoms with van der Waals surface area (Å²) in [6.07, 6.45) is 3.07. The van der Waals surface area contributed by atoms with Crippen LogP contribution in [0.3, 0.4) is 0 Å². The summed E-state index contributed by atoms with van der Waals surface area (Å²) < 4.78 is 1.45. The summed E-state index contributed by atoms with van der Waals surface area (Å²) in [5.41, 5.74) is 0.505. The Hall–Kier alpha value is -2.32. The van der Waals surface area contributed by atoms with Crippen LogP contribution in [0.1, 0.15) is 5.56 Å². The number of rotatable bonds is 1. The topological polar surface area (TPSA) is 75.2 Å². The van der Waals surface area contributed by atoms with Crippen molar-refractivity contribution in [3.8, 4) is 18.0 Å². The van der Waals surface area contributed by atoms with E-state index in [0.29, 0.717) is 5.56 Å². The molecule has 1 heterocycles. The molecule has 0 saturated carbocycles. The number of hydrogen-bond donors (Lipinski definition) is 0. The zero-order valence-electron chi connectivity index (χ0n) is 6.68. The van der Waals surface area contributed by atoms with Gasteiger partial charge in [-0.2, -0.15) is 5.26 Å². The lowest BCUT2D eigenvalue weighted by atomic mass is 9.66. The molecule has 13 heavy (non-hydrogen) atoms. The van der Waals surface area contributed by atoms with Crippen molar-refractivity contribution in [3.63, 3.8) is 0 Å². The minimum atomic E-state index is -0.826. The Labute approximate surface area is 76.0 Å². The predicted octanol–water partition coefficient (Wildman–Crippen LogP) is -0.189. The third-order valence-electron chi connectivity index (χ3n) is 1.52. The Bertz CT molecular complexity index is 403. The fourth-order valence-electron chi connectivity index (χ4n) is 0.847. The number of hydrogen-bond acceptors (Lipinski definition) is 3. The van der Waals surface area contributed by atoms with Crippen LogP contribution in [0.4, 0.5) is 0 Å². The zero-order chi connectivity index (χ0) is 9.68. The summed E-state index contributed by atoms with van der Waals surface area (Å²) in [6, 6.07) is 5.06. The first-order valence-corrected chi connectivity index (χ1v) is 3.52. The highest BCUT2D eigenvalue weighted by Gasteiger charge is 2.08. The highest BCUT2D eigenvalue weighted by atomic mass is 14.8. The van der Waals surface area contributed by atoms with Crippen LogP contribution in [0.2, 0.25) is 0 Å². The number of aromatic nitrogens is 1. The van der Waals surface area contributed by atoms with Gasteiger partial charge in [0.25, 0.3) is 0 Å². The second kappa shape index (κ2) is 3.90. The summed E-state index contributed by atoms with van der Waals surface area (Å²) in [5, 5.41) is 25.6. The van der Waals surface area contributed by atoms with E-state index >= 15 is 0 Å². The molecular formula is C8H4BN4. The van der Waals surface area contributed by atoms with Gasteiger partial charge >= 0.3 is 6.85 Å². The largest absolute Gasteiger partial charge is 0.427 e. The van der Waals surface area contributed by atoms with Crippen molar-refractivity contribution in [2.45, 2.75) is 0 Å². The minimum Gasteiger partial charge on any atom is -0.423 e. The van der Waals surface area contributed by atoms with Gasteiger partial charge in [0.05, 0.1) is 11.6 Å². The lowest BCUT2D eigenvalue weighted by Gasteiger charge is -2.02. The lowest BCUT2D eigenvalue weighted by molar-refractivity contribution is -0.532. The molecule has 0 aromatic carbocycles. The second-order valence-corrected chi connectivity index (χ2v) is 2.31. The van der Waals surface area contributed by atoms with Gasteiger partial charge in [-0.15, -0.1) is 0 Å². The van der Waals surface area contributed by atoms with Crippen LogP contribution in [0.15, 0.2) is 24.5 Å². The average Bonchev–Trinajstić information content (AvgIpc) is 2.21. The first-order valence-electron chi connectivity index (χ1n) is 3.52. The van der Waals surface area contributed by atoms with Crippen LogP contribution in [-0.2, 0) is 0 Å². The van der Waals surface area contributed by atoms with Gasteiger partial charge in [-0.25, -0.2) is 10.5 Å². The van der Waals surface area contributed by atoms with Crippen molar-refractivity contribution >= 4 is 6.85 Å². The van der Waals surface area contributed by atoms with Gasteiger partial charge in [0.2, 0.25) is 0 Å². The molecule has 0 atom stereocenters. The first-order chi connectivity index (χ1) is 6.31. The Morgan fingerprint density at radius 3 is 2.00 bits per heavy atom. The van der Waals surface area contributed by atoms with Crippen molar-refractivity contribution in [2.75, 3.05) is 0 Å². The van der Waals surface area contributed by atoms with Gasteiger partial charge < -0.3 is 4.48 Å². The quantitative estimate of drug-likeness (QED) is 0.544. The standard InChI is InChI=1S/C8H4BN4/c10-5-8-1-3-13(4-2-8)9(6-11)7-12/h1-4H. The normalized spacial score (nSPS) is 8.46. The van der Waals surface area contributed by atoms with Gasteiger partial charge in [-0.1, -0.05) is 11.9 Å². The van der Waals surface area contributed by atoms with Crippen LogP contribution < -0.4 is 4.48 Å². The van der Waals surface area contributed by atoms with Crippen molar-refractivity contribution in [3.05, 3.63) is 30.1 Å². The van der Waals surface area contributed by atoms with Gasteiger partial charge in [-0.05, 0) is 0 Å². The van der Waals surface area contributed by atoms with Crippen LogP contribution in [0, 0.1) is 33.8 Å². The van der Waals surface area contributed by atoms with E-state index in [-0.39, 0.29) is 0 Å². The molecule has 0 aliphatic heterocycles. The molecule has 4 nitrogen and oxygen atoms in total. The molecule has 1 rings (SSSR count). The van der Waals surface area contributed by atoms with Crippen LogP contribution in [0.5, 0.6) is 0 Å². The molecule has 0 N–H and O–H groups in total. The second-order valence-electron chi connectivity index (χ2n) is 2.31. The molecule has 1 aromatic heterocycles. The van der Waals surface area contributed by atoms with Crippen LogP contribution in [-0.4, -0.2) is 6.85 Å². The molecule has 0 amide bonds. The lowest BCUT2D eigenvalue weighted by Crippen LogP contribution is -2.49. The molecule has 0 saturated heterocycles. The number of nitrogens with zero attached hydrogens (tertiary/aromatic N) is 4. The van der Waals surface area contributed by atoms with Gasteiger partial charge in [-0.3, -0.25) is 0 Å². The molecule has 0 fully saturated rings. The van der Waals surface area contributed by atoms with Crippen LogP contribution in [0.25, 0.3) is 0 Å². The third-order valence-corrected chi connectivity index (χ3v) is 1.52. The van der Waals surface area contributed by atoms with Crippen molar-refractivity contribution in [1.29, 1.82) is 15.8 Å². The predicted molar refractivity (Wildman–Crippen MR) is 43.7 cm³/mol. The summed E-state index contributed by atoms with van der Waals surface area (Å²) in [5.74, 6) is 3.65. The minimum absolute atomic E-state index is 0.505. The molecule has 5 heteroatoms. The third kappa shape index (κ3) is 1.83. The molecule has 0 aliphatic rings. The monoisotopic (exact) mass is 167 g/mol. The molecule has 0 aliphatic carbocycles. The summed E-state index contributed by atoms with van der Waals surface area (Å²) in [6.45, 7) is -0.826. The molecule has 1 radical (unpaired) electrons. The molecule has 1 aromatic rings. The van der Waals surface area contributed by atoms with Gasteiger partial charge in [0.1, 0.15) is 12.4 Å². The average molecular weight is 167 g/mol. The zero-order valence-corrected chi connectivity index (χ0v) is 6.68. The molecule has 0 bridgehead atoms. The Balaban J connectivity index is 3.02. The van der Waals surface area contributed by atoms with Gasteiger partial charge in [0, 0.05) is 12.1 Å². The first kappa shape index (κ1) is 8.78. The maximum atomic E-state index is 8.55. The summed E-state index contributed by atoms with van der Waals surface area (Å²) >= 11 is 0. The summed E-state index contributed by atoms with van der Waals surface area (Å²) in [4.78, 5) is 0. The smallest absolute Gasteiger partial charge is 0.423 e. The Kier molecular flexibility index (Phi) is 2.63. The fraction of sp³-hybridized carbons (Fsp3) is 0. The van der Waals surface area contributed by atoms with E-state index in [0.717, 1.165) is 0 Å². The van der Waals surface area contributed by atoms with Crippen molar-refractivity contribution in [1.82, 2.24) is 0 Å². The molecule has 0 spiro atoms. The molecular weight excluding hydrogens is 163 g/mol. The van der Waals surface area contributed by atoms with E-state index in [9.17, 15) is 0 Å². The van der Waals surface area contributed by atoms with Crippen LogP contribution >= 0.6 is 0 Å². The van der Waals surface area contributed by atoms with Crippen molar-refractivity contribution < 1.29 is 4.48 Å². The molecule has 0 unspecified atom stereocenters. The van der Waals surface area contributed by atoms with Gasteiger partial charge in [0.15, 0.2) is 0 Å². The maximum absolute atomic E-state index is 8.55. The summed E-state index contributed by atoms with van der Waals surface area (Å²) in [7, 11) is 0. The highest BCUT2D eigenvalue weighted by Crippen LogP contribution is 1.90. The Morgan fingerprint density at radius 2 is 1.62 bits per heavy atom. The maximum Gasteiger partial charge on any atom is 0.427 e. The van der Waals surface area contributed by atoms with E-state index in [4.69, 9.17) is 15.8 Å². The SMILES string of the molecule is N#C[B-](C#N)[n+]1ccc(C#N)cc1. The molecule has 59 valence electrons. The Morgan fingerprint density at radius 1 is 1.08 bits per heavy atom.